The predicted molar refractivity (Wildman–Crippen MR) is 107 cm³/mol. The molecule has 7 nitrogen and oxygen atoms in total. The van der Waals surface area contributed by atoms with Crippen LogP contribution in [0.25, 0.3) is 0 Å². The van der Waals surface area contributed by atoms with Crippen LogP contribution in [0.2, 0.25) is 0 Å². The zero-order valence-electron chi connectivity index (χ0n) is 16.3. The Bertz CT molecular complexity index is 928. The molecule has 150 valence electrons. The number of sulfonamides is 1. The molecule has 2 aromatic carbocycles. The third kappa shape index (κ3) is 7.03. The van der Waals surface area contributed by atoms with Crippen molar-refractivity contribution in [3.63, 3.8) is 0 Å². The monoisotopic (exact) mass is 404 g/mol. The third-order valence-corrected chi connectivity index (χ3v) is 4.61. The van der Waals surface area contributed by atoms with E-state index in [1.807, 2.05) is 6.92 Å². The van der Waals surface area contributed by atoms with Crippen molar-refractivity contribution in [1.29, 1.82) is 0 Å². The predicted octanol–water partition coefficient (Wildman–Crippen LogP) is 3.03. The van der Waals surface area contributed by atoms with Gasteiger partial charge in [-0.05, 0) is 69.7 Å². The van der Waals surface area contributed by atoms with E-state index >= 15 is 0 Å². The molecule has 0 unspecified atom stereocenters. The van der Waals surface area contributed by atoms with Crippen LogP contribution in [-0.4, -0.2) is 32.8 Å². The average molecular weight is 404 g/mol. The molecule has 0 saturated heterocycles. The summed E-state index contributed by atoms with van der Waals surface area (Å²) in [7, 11) is -3.71. The van der Waals surface area contributed by atoms with Crippen molar-refractivity contribution < 1.29 is 22.7 Å². The SMILES string of the molecule is Cc1ccc(S(=O)(=O)N/N=C\c2ccc(OCC(=O)OC(C)(C)C)cc2)cc1. The third-order valence-electron chi connectivity index (χ3n) is 3.37. The fourth-order valence-corrected chi connectivity index (χ4v) is 2.90. The molecule has 0 amide bonds. The Balaban J connectivity index is 1.89. The minimum Gasteiger partial charge on any atom is -0.482 e. The van der Waals surface area contributed by atoms with E-state index in [9.17, 15) is 13.2 Å². The van der Waals surface area contributed by atoms with Gasteiger partial charge in [-0.25, -0.2) is 9.63 Å². The maximum atomic E-state index is 12.1. The molecule has 28 heavy (non-hydrogen) atoms. The number of nitrogens with one attached hydrogen (secondary N) is 1. The van der Waals surface area contributed by atoms with Crippen molar-refractivity contribution in [2.75, 3.05) is 6.61 Å². The molecule has 0 aromatic heterocycles. The Morgan fingerprint density at radius 1 is 1.07 bits per heavy atom. The molecule has 8 heteroatoms. The summed E-state index contributed by atoms with van der Waals surface area (Å²) in [4.78, 5) is 13.9. The summed E-state index contributed by atoms with van der Waals surface area (Å²) in [6, 6.07) is 13.2. The number of rotatable bonds is 7. The van der Waals surface area contributed by atoms with Crippen LogP contribution in [0, 0.1) is 6.92 Å². The smallest absolute Gasteiger partial charge is 0.344 e. The molecule has 1 N–H and O–H groups in total. The van der Waals surface area contributed by atoms with Crippen molar-refractivity contribution in [2.45, 2.75) is 38.2 Å². The first-order chi connectivity index (χ1) is 13.0. The van der Waals surface area contributed by atoms with E-state index in [0.29, 0.717) is 11.3 Å². The summed E-state index contributed by atoms with van der Waals surface area (Å²) in [5.74, 6) is 0.0342. The van der Waals surface area contributed by atoms with E-state index in [1.54, 1.807) is 57.2 Å². The van der Waals surface area contributed by atoms with E-state index in [2.05, 4.69) is 9.93 Å². The molecular formula is C20H24N2O5S. The van der Waals surface area contributed by atoms with E-state index in [-0.39, 0.29) is 11.5 Å². The van der Waals surface area contributed by atoms with Crippen LogP contribution in [0.1, 0.15) is 31.9 Å². The van der Waals surface area contributed by atoms with Gasteiger partial charge in [0.05, 0.1) is 11.1 Å². The highest BCUT2D eigenvalue weighted by Crippen LogP contribution is 2.13. The second kappa shape index (κ2) is 8.88. The maximum absolute atomic E-state index is 12.1. The lowest BCUT2D eigenvalue weighted by Gasteiger charge is -2.19. The Morgan fingerprint density at radius 3 is 2.25 bits per heavy atom. The van der Waals surface area contributed by atoms with Gasteiger partial charge in [0, 0.05) is 0 Å². The minimum absolute atomic E-state index is 0.140. The van der Waals surface area contributed by atoms with E-state index < -0.39 is 21.6 Å². The highest BCUT2D eigenvalue weighted by Gasteiger charge is 2.16. The molecule has 0 bridgehead atoms. The molecule has 0 atom stereocenters. The van der Waals surface area contributed by atoms with Crippen LogP contribution >= 0.6 is 0 Å². The van der Waals surface area contributed by atoms with Gasteiger partial charge in [-0.1, -0.05) is 17.7 Å². The molecular weight excluding hydrogens is 380 g/mol. The summed E-state index contributed by atoms with van der Waals surface area (Å²) >= 11 is 0. The van der Waals surface area contributed by atoms with Crippen LogP contribution in [0.5, 0.6) is 5.75 Å². The van der Waals surface area contributed by atoms with Crippen molar-refractivity contribution >= 4 is 22.2 Å². The van der Waals surface area contributed by atoms with Crippen molar-refractivity contribution in [2.24, 2.45) is 5.10 Å². The van der Waals surface area contributed by atoms with Crippen molar-refractivity contribution in [1.82, 2.24) is 4.83 Å². The molecule has 0 fully saturated rings. The number of hydrazone groups is 1. The van der Waals surface area contributed by atoms with Gasteiger partial charge in [0.1, 0.15) is 11.4 Å². The van der Waals surface area contributed by atoms with E-state index in [4.69, 9.17) is 9.47 Å². The van der Waals surface area contributed by atoms with Crippen molar-refractivity contribution in [3.8, 4) is 5.75 Å². The second-order valence-electron chi connectivity index (χ2n) is 7.11. The highest BCUT2D eigenvalue weighted by molar-refractivity contribution is 7.89. The molecule has 0 aliphatic carbocycles. The lowest BCUT2D eigenvalue weighted by atomic mass is 10.2. The quantitative estimate of drug-likeness (QED) is 0.435. The number of hydrogen-bond acceptors (Lipinski definition) is 6. The van der Waals surface area contributed by atoms with Gasteiger partial charge < -0.3 is 9.47 Å². The average Bonchev–Trinajstić information content (AvgIpc) is 2.60. The molecule has 0 spiro atoms. The minimum atomic E-state index is -3.71. The number of benzene rings is 2. The van der Waals surface area contributed by atoms with Gasteiger partial charge in [0.25, 0.3) is 10.0 Å². The number of carbonyl (C=O) groups is 1. The lowest BCUT2D eigenvalue weighted by molar-refractivity contribution is -0.157. The standard InChI is InChI=1S/C20H24N2O5S/c1-15-5-11-18(12-6-15)28(24,25)22-21-13-16-7-9-17(10-8-16)26-14-19(23)27-20(2,3)4/h5-13,22H,14H2,1-4H3/b21-13-. The molecule has 0 saturated carbocycles. The Morgan fingerprint density at radius 2 is 1.68 bits per heavy atom. The molecule has 0 aliphatic heterocycles. The normalized spacial score (nSPS) is 12.0. The molecule has 0 radical (unpaired) electrons. The number of carbonyl (C=O) groups excluding carboxylic acids is 1. The van der Waals surface area contributed by atoms with Crippen LogP contribution in [0.15, 0.2) is 58.5 Å². The number of hydrogen-bond donors (Lipinski definition) is 1. The van der Waals surface area contributed by atoms with Crippen molar-refractivity contribution in [3.05, 3.63) is 59.7 Å². The number of aryl methyl sites for hydroxylation is 1. The largest absolute Gasteiger partial charge is 0.482 e. The molecule has 0 aliphatic rings. The molecule has 2 rings (SSSR count). The van der Waals surface area contributed by atoms with Crippen LogP contribution in [0.4, 0.5) is 0 Å². The zero-order valence-corrected chi connectivity index (χ0v) is 17.1. The number of esters is 1. The molecule has 0 heterocycles. The van der Waals surface area contributed by atoms with Crippen LogP contribution in [-0.2, 0) is 19.6 Å². The fraction of sp³-hybridized carbons (Fsp3) is 0.300. The Hall–Kier alpha value is -2.87. The Labute approximate surface area is 165 Å². The highest BCUT2D eigenvalue weighted by atomic mass is 32.2. The Kier molecular flexibility index (Phi) is 6.80. The van der Waals surface area contributed by atoms with E-state index in [1.165, 1.54) is 18.3 Å². The zero-order chi connectivity index (χ0) is 20.8. The number of ether oxygens (including phenoxy) is 2. The van der Waals surface area contributed by atoms with Gasteiger partial charge in [-0.3, -0.25) is 0 Å². The summed E-state index contributed by atoms with van der Waals surface area (Å²) in [5.41, 5.74) is 1.07. The van der Waals surface area contributed by atoms with Gasteiger partial charge in [0.15, 0.2) is 6.61 Å². The summed E-state index contributed by atoms with van der Waals surface area (Å²) < 4.78 is 34.8. The summed E-state index contributed by atoms with van der Waals surface area (Å²) in [5, 5.41) is 3.78. The lowest BCUT2D eigenvalue weighted by Crippen LogP contribution is -2.27. The topological polar surface area (TPSA) is 94.1 Å². The first-order valence-corrected chi connectivity index (χ1v) is 10.1. The first-order valence-electron chi connectivity index (χ1n) is 8.61. The first kappa shape index (κ1) is 21.4. The summed E-state index contributed by atoms with van der Waals surface area (Å²) in [6.07, 6.45) is 1.38. The second-order valence-corrected chi connectivity index (χ2v) is 8.77. The fourth-order valence-electron chi connectivity index (χ4n) is 2.10. The molecule has 2 aromatic rings. The van der Waals surface area contributed by atoms with Gasteiger partial charge in [-0.15, -0.1) is 0 Å². The van der Waals surface area contributed by atoms with Crippen LogP contribution < -0.4 is 9.57 Å². The number of nitrogens with zero attached hydrogens (tertiary/aromatic N) is 1. The van der Waals surface area contributed by atoms with E-state index in [0.717, 1.165) is 5.56 Å². The maximum Gasteiger partial charge on any atom is 0.344 e. The van der Waals surface area contributed by atoms with Crippen LogP contribution in [0.3, 0.4) is 0 Å². The van der Waals surface area contributed by atoms with Gasteiger partial charge >= 0.3 is 5.97 Å². The summed E-state index contributed by atoms with van der Waals surface area (Å²) in [6.45, 7) is 7.04. The van der Waals surface area contributed by atoms with Gasteiger partial charge in [0.2, 0.25) is 0 Å². The van der Waals surface area contributed by atoms with Gasteiger partial charge in [-0.2, -0.15) is 13.5 Å².